The summed E-state index contributed by atoms with van der Waals surface area (Å²) in [5, 5.41) is 7.25. The Kier molecular flexibility index (Phi) is 2.34. The third kappa shape index (κ3) is 1.67. The van der Waals surface area contributed by atoms with Crippen molar-refractivity contribution in [1.29, 1.82) is 0 Å². The molecule has 0 bridgehead atoms. The van der Waals surface area contributed by atoms with Gasteiger partial charge in [-0.25, -0.2) is 4.98 Å². The number of aromatic nitrogens is 4. The maximum atomic E-state index is 5.17. The second-order valence-electron chi connectivity index (χ2n) is 3.74. The maximum Gasteiger partial charge on any atom is 0.278 e. The third-order valence-corrected chi connectivity index (χ3v) is 2.65. The number of rotatable bonds is 2. The molecule has 1 atom stereocenters. The van der Waals surface area contributed by atoms with E-state index in [1.165, 1.54) is 0 Å². The molecule has 6 heteroatoms. The normalized spacial score (nSPS) is 20.1. The molecule has 1 aliphatic heterocycles. The largest absolute Gasteiger partial charge is 0.332 e. The van der Waals surface area contributed by atoms with Crippen molar-refractivity contribution in [3.8, 4) is 11.6 Å². The van der Waals surface area contributed by atoms with E-state index in [2.05, 4.69) is 25.4 Å². The Morgan fingerprint density at radius 2 is 2.38 bits per heavy atom. The minimum absolute atomic E-state index is 0.356. The van der Waals surface area contributed by atoms with Gasteiger partial charge in [-0.1, -0.05) is 5.16 Å². The van der Waals surface area contributed by atoms with Crippen LogP contribution in [0, 0.1) is 0 Å². The highest BCUT2D eigenvalue weighted by Crippen LogP contribution is 2.21. The van der Waals surface area contributed by atoms with Crippen LogP contribution in [0.2, 0.25) is 0 Å². The molecule has 2 aromatic heterocycles. The number of hydrogen-bond donors (Lipinski definition) is 1. The lowest BCUT2D eigenvalue weighted by Crippen LogP contribution is -2.08. The first-order valence-electron chi connectivity index (χ1n) is 5.24. The molecule has 0 aromatic carbocycles. The van der Waals surface area contributed by atoms with Crippen LogP contribution in [0.25, 0.3) is 11.6 Å². The number of nitrogens with zero attached hydrogens (tertiary/aromatic N) is 4. The van der Waals surface area contributed by atoms with E-state index in [4.69, 9.17) is 4.52 Å². The van der Waals surface area contributed by atoms with E-state index >= 15 is 0 Å². The standard InChI is InChI=1S/C10H11N5O/c1-2-11-5-7(1)9-14-10(16-15-9)8-6-12-3-4-13-8/h3-4,6-7,11H,1-2,5H2/t7-/m1/s1. The van der Waals surface area contributed by atoms with Gasteiger partial charge in [0, 0.05) is 24.9 Å². The topological polar surface area (TPSA) is 76.7 Å². The summed E-state index contributed by atoms with van der Waals surface area (Å²) in [5.74, 6) is 1.55. The van der Waals surface area contributed by atoms with Crippen LogP contribution < -0.4 is 5.32 Å². The molecule has 1 fully saturated rings. The first kappa shape index (κ1) is 9.41. The summed E-state index contributed by atoms with van der Waals surface area (Å²) in [6.07, 6.45) is 5.89. The van der Waals surface area contributed by atoms with Gasteiger partial charge in [0.25, 0.3) is 5.89 Å². The van der Waals surface area contributed by atoms with E-state index in [1.807, 2.05) is 0 Å². The Bertz CT molecular complexity index is 463. The predicted molar refractivity (Wildman–Crippen MR) is 55.6 cm³/mol. The average molecular weight is 217 g/mol. The fraction of sp³-hybridized carbons (Fsp3) is 0.400. The summed E-state index contributed by atoms with van der Waals surface area (Å²) in [5.41, 5.74) is 0.618. The zero-order valence-electron chi connectivity index (χ0n) is 8.63. The Morgan fingerprint density at radius 3 is 3.12 bits per heavy atom. The lowest BCUT2D eigenvalue weighted by Gasteiger charge is -1.98. The van der Waals surface area contributed by atoms with Gasteiger partial charge in [0.2, 0.25) is 0 Å². The van der Waals surface area contributed by atoms with Gasteiger partial charge in [-0.3, -0.25) is 4.98 Å². The van der Waals surface area contributed by atoms with Crippen LogP contribution in [0.3, 0.4) is 0 Å². The van der Waals surface area contributed by atoms with Crippen LogP contribution in [0.1, 0.15) is 18.2 Å². The molecular formula is C10H11N5O. The summed E-state index contributed by atoms with van der Waals surface area (Å²) in [6.45, 7) is 1.93. The highest BCUT2D eigenvalue weighted by molar-refractivity contribution is 5.43. The molecule has 82 valence electrons. The number of nitrogens with one attached hydrogen (secondary N) is 1. The fourth-order valence-corrected chi connectivity index (χ4v) is 1.79. The third-order valence-electron chi connectivity index (χ3n) is 2.65. The van der Waals surface area contributed by atoms with Gasteiger partial charge < -0.3 is 9.84 Å². The molecule has 0 aliphatic carbocycles. The summed E-state index contributed by atoms with van der Waals surface area (Å²) in [6, 6.07) is 0. The molecule has 3 heterocycles. The Labute approximate surface area is 92.1 Å². The monoisotopic (exact) mass is 217 g/mol. The summed E-state index contributed by atoms with van der Waals surface area (Å²) >= 11 is 0. The minimum atomic E-state index is 0.356. The van der Waals surface area contributed by atoms with Gasteiger partial charge in [0.15, 0.2) is 5.82 Å². The maximum absolute atomic E-state index is 5.17. The number of hydrogen-bond acceptors (Lipinski definition) is 6. The van der Waals surface area contributed by atoms with Crippen LogP contribution in [-0.2, 0) is 0 Å². The SMILES string of the molecule is c1cnc(-c2nc([C@@H]3CCNC3)no2)cn1. The van der Waals surface area contributed by atoms with Gasteiger partial charge in [-0.05, 0) is 13.0 Å². The highest BCUT2D eigenvalue weighted by Gasteiger charge is 2.22. The molecule has 1 aliphatic rings. The predicted octanol–water partition coefficient (Wildman–Crippen LogP) is 0.603. The van der Waals surface area contributed by atoms with E-state index in [0.717, 1.165) is 25.3 Å². The van der Waals surface area contributed by atoms with E-state index in [9.17, 15) is 0 Å². The van der Waals surface area contributed by atoms with Crippen molar-refractivity contribution in [3.63, 3.8) is 0 Å². The van der Waals surface area contributed by atoms with Crippen LogP contribution in [-0.4, -0.2) is 33.2 Å². The smallest absolute Gasteiger partial charge is 0.278 e. The fourth-order valence-electron chi connectivity index (χ4n) is 1.79. The summed E-state index contributed by atoms with van der Waals surface area (Å²) in [4.78, 5) is 12.4. The molecule has 3 rings (SSSR count). The van der Waals surface area contributed by atoms with Gasteiger partial charge in [0.05, 0.1) is 6.20 Å². The molecule has 1 saturated heterocycles. The second kappa shape index (κ2) is 3.97. The van der Waals surface area contributed by atoms with Crippen molar-refractivity contribution in [2.75, 3.05) is 13.1 Å². The first-order valence-corrected chi connectivity index (χ1v) is 5.24. The molecular weight excluding hydrogens is 206 g/mol. The highest BCUT2D eigenvalue weighted by atomic mass is 16.5. The van der Waals surface area contributed by atoms with Crippen molar-refractivity contribution < 1.29 is 4.52 Å². The van der Waals surface area contributed by atoms with E-state index < -0.39 is 0 Å². The van der Waals surface area contributed by atoms with Crippen LogP contribution >= 0.6 is 0 Å². The Morgan fingerprint density at radius 1 is 1.38 bits per heavy atom. The minimum Gasteiger partial charge on any atom is -0.332 e. The first-order chi connectivity index (χ1) is 7.93. The summed E-state index contributed by atoms with van der Waals surface area (Å²) in [7, 11) is 0. The van der Waals surface area contributed by atoms with Gasteiger partial charge >= 0.3 is 0 Å². The molecule has 1 N–H and O–H groups in total. The second-order valence-corrected chi connectivity index (χ2v) is 3.74. The lowest BCUT2D eigenvalue weighted by molar-refractivity contribution is 0.416. The van der Waals surface area contributed by atoms with E-state index in [0.29, 0.717) is 17.5 Å². The van der Waals surface area contributed by atoms with E-state index in [1.54, 1.807) is 18.6 Å². The van der Waals surface area contributed by atoms with Crippen LogP contribution in [0.4, 0.5) is 0 Å². The molecule has 0 saturated carbocycles. The Hall–Kier alpha value is -1.82. The van der Waals surface area contributed by atoms with E-state index in [-0.39, 0.29) is 0 Å². The molecule has 2 aromatic rings. The summed E-state index contributed by atoms with van der Waals surface area (Å²) < 4.78 is 5.17. The van der Waals surface area contributed by atoms with Crippen molar-refractivity contribution in [2.45, 2.75) is 12.3 Å². The Balaban J connectivity index is 1.87. The molecule has 6 nitrogen and oxygen atoms in total. The zero-order chi connectivity index (χ0) is 10.8. The van der Waals surface area contributed by atoms with Crippen molar-refractivity contribution >= 4 is 0 Å². The van der Waals surface area contributed by atoms with Crippen molar-refractivity contribution in [1.82, 2.24) is 25.4 Å². The van der Waals surface area contributed by atoms with Crippen molar-refractivity contribution in [2.24, 2.45) is 0 Å². The van der Waals surface area contributed by atoms with Gasteiger partial charge in [-0.2, -0.15) is 4.98 Å². The van der Waals surface area contributed by atoms with Crippen molar-refractivity contribution in [3.05, 3.63) is 24.4 Å². The zero-order valence-corrected chi connectivity index (χ0v) is 8.63. The van der Waals surface area contributed by atoms with Crippen LogP contribution in [0.15, 0.2) is 23.1 Å². The van der Waals surface area contributed by atoms with Gasteiger partial charge in [-0.15, -0.1) is 0 Å². The van der Waals surface area contributed by atoms with Gasteiger partial charge in [0.1, 0.15) is 5.69 Å². The average Bonchev–Trinajstić information content (AvgIpc) is 3.01. The molecule has 0 unspecified atom stereocenters. The molecule has 0 spiro atoms. The van der Waals surface area contributed by atoms with Crippen LogP contribution in [0.5, 0.6) is 0 Å². The molecule has 0 radical (unpaired) electrons. The quantitative estimate of drug-likeness (QED) is 0.793. The lowest BCUT2D eigenvalue weighted by atomic mass is 10.1. The molecule has 0 amide bonds. The molecule has 16 heavy (non-hydrogen) atoms.